The fraction of sp³-hybridized carbons (Fsp3) is 0.278. The van der Waals surface area contributed by atoms with Crippen molar-refractivity contribution in [3.8, 4) is 23.0 Å². The molecule has 2 aromatic carbocycles. The van der Waals surface area contributed by atoms with Crippen LogP contribution in [0, 0.1) is 0 Å². The Balaban J connectivity index is 1.26. The van der Waals surface area contributed by atoms with Crippen LogP contribution in [-0.4, -0.2) is 40.2 Å². The van der Waals surface area contributed by atoms with Crippen molar-refractivity contribution >= 4 is 15.9 Å². The number of benzene rings is 2. The number of sulfonamides is 1. The van der Waals surface area contributed by atoms with Crippen LogP contribution >= 0.6 is 0 Å². The molecule has 2 aromatic rings. The predicted molar refractivity (Wildman–Crippen MR) is 98.1 cm³/mol. The first kappa shape index (κ1) is 18.4. The third kappa shape index (κ3) is 4.12. The molecule has 10 heteroatoms. The highest BCUT2D eigenvalue weighted by atomic mass is 32.2. The lowest BCUT2D eigenvalue weighted by molar-refractivity contribution is 0.0955. The van der Waals surface area contributed by atoms with Crippen molar-refractivity contribution in [1.29, 1.82) is 0 Å². The summed E-state index contributed by atoms with van der Waals surface area (Å²) in [4.78, 5) is 12.2. The van der Waals surface area contributed by atoms with Crippen LogP contribution in [0.5, 0.6) is 23.0 Å². The molecule has 0 bridgehead atoms. The average molecular weight is 406 g/mol. The molecule has 0 aromatic heterocycles. The molecule has 2 N–H and O–H groups in total. The maximum atomic E-state index is 12.2. The molecule has 0 unspecified atom stereocenters. The second-order valence-electron chi connectivity index (χ2n) is 6.15. The summed E-state index contributed by atoms with van der Waals surface area (Å²) in [6.45, 7) is 0.375. The third-order valence-corrected chi connectivity index (χ3v) is 5.55. The van der Waals surface area contributed by atoms with E-state index in [1.807, 2.05) is 0 Å². The van der Waals surface area contributed by atoms with Gasteiger partial charge in [0, 0.05) is 18.7 Å². The zero-order valence-electron chi connectivity index (χ0n) is 14.8. The number of carbonyl (C=O) groups is 1. The largest absolute Gasteiger partial charge is 0.454 e. The molecule has 2 aliphatic rings. The lowest BCUT2D eigenvalue weighted by Gasteiger charge is -2.09. The number of rotatable bonds is 7. The van der Waals surface area contributed by atoms with E-state index in [1.165, 1.54) is 0 Å². The number of ether oxygens (including phenoxy) is 4. The molecule has 148 valence electrons. The Morgan fingerprint density at radius 2 is 1.54 bits per heavy atom. The minimum absolute atomic E-state index is 0.0241. The van der Waals surface area contributed by atoms with Gasteiger partial charge in [0.1, 0.15) is 0 Å². The molecule has 2 heterocycles. The molecule has 0 atom stereocenters. The van der Waals surface area contributed by atoms with Crippen molar-refractivity contribution in [2.45, 2.75) is 6.54 Å². The van der Waals surface area contributed by atoms with Crippen molar-refractivity contribution in [2.75, 3.05) is 25.9 Å². The molecule has 0 aliphatic carbocycles. The molecule has 2 aliphatic heterocycles. The lowest BCUT2D eigenvalue weighted by Crippen LogP contribution is -2.34. The Morgan fingerprint density at radius 1 is 0.893 bits per heavy atom. The van der Waals surface area contributed by atoms with Gasteiger partial charge in [0.2, 0.25) is 23.6 Å². The number of amides is 1. The Labute approximate surface area is 161 Å². The average Bonchev–Trinajstić information content (AvgIpc) is 3.34. The summed E-state index contributed by atoms with van der Waals surface area (Å²) in [7, 11) is -3.56. The van der Waals surface area contributed by atoms with E-state index in [2.05, 4.69) is 10.0 Å². The highest BCUT2D eigenvalue weighted by molar-refractivity contribution is 7.89. The maximum Gasteiger partial charge on any atom is 0.251 e. The first-order valence-corrected chi connectivity index (χ1v) is 10.2. The van der Waals surface area contributed by atoms with Crippen LogP contribution in [0.25, 0.3) is 0 Å². The summed E-state index contributed by atoms with van der Waals surface area (Å²) in [6, 6.07) is 10.0. The molecule has 0 radical (unpaired) electrons. The van der Waals surface area contributed by atoms with Gasteiger partial charge in [-0.15, -0.1) is 0 Å². The molecule has 4 rings (SSSR count). The molecule has 28 heavy (non-hydrogen) atoms. The van der Waals surface area contributed by atoms with Gasteiger partial charge in [-0.05, 0) is 35.9 Å². The van der Waals surface area contributed by atoms with Crippen molar-refractivity contribution in [1.82, 2.24) is 10.0 Å². The minimum atomic E-state index is -3.56. The minimum Gasteiger partial charge on any atom is -0.454 e. The van der Waals surface area contributed by atoms with Crippen molar-refractivity contribution in [2.24, 2.45) is 0 Å². The molecule has 0 spiro atoms. The van der Waals surface area contributed by atoms with E-state index in [-0.39, 0.29) is 38.3 Å². The number of hydrogen-bond donors (Lipinski definition) is 2. The highest BCUT2D eigenvalue weighted by Gasteiger charge is 2.18. The van der Waals surface area contributed by atoms with E-state index in [0.717, 1.165) is 5.56 Å². The van der Waals surface area contributed by atoms with Gasteiger partial charge in [0.25, 0.3) is 5.91 Å². The number of fused-ring (bicyclic) bond motifs is 2. The van der Waals surface area contributed by atoms with Gasteiger partial charge >= 0.3 is 0 Å². The van der Waals surface area contributed by atoms with E-state index < -0.39 is 10.0 Å². The van der Waals surface area contributed by atoms with Crippen LogP contribution in [-0.2, 0) is 16.6 Å². The molecule has 0 saturated carbocycles. The first-order chi connectivity index (χ1) is 13.5. The summed E-state index contributed by atoms with van der Waals surface area (Å²) >= 11 is 0. The topological polar surface area (TPSA) is 112 Å². The maximum absolute atomic E-state index is 12.2. The van der Waals surface area contributed by atoms with E-state index in [4.69, 9.17) is 18.9 Å². The van der Waals surface area contributed by atoms with Crippen molar-refractivity contribution in [3.05, 3.63) is 47.5 Å². The number of carbonyl (C=O) groups excluding carboxylic acids is 1. The molecular formula is C18H18N2O7S. The van der Waals surface area contributed by atoms with Gasteiger partial charge in [0.05, 0.1) is 5.75 Å². The SMILES string of the molecule is O=C(NCCS(=O)(=O)NCc1ccc2c(c1)OCO2)c1ccc2c(c1)OCO2. The Hall–Kier alpha value is -2.98. The van der Waals surface area contributed by atoms with E-state index in [9.17, 15) is 13.2 Å². The summed E-state index contributed by atoms with van der Waals surface area (Å²) in [5.41, 5.74) is 1.12. The van der Waals surface area contributed by atoms with Crippen LogP contribution in [0.15, 0.2) is 36.4 Å². The standard InChI is InChI=1S/C18H18N2O7S/c21-18(13-2-4-15-17(8-13)27-11-25-15)19-5-6-28(22,23)20-9-12-1-3-14-16(7-12)26-10-24-14/h1-4,7-8,20H,5-6,9-11H2,(H,19,21). The monoisotopic (exact) mass is 406 g/mol. The first-order valence-electron chi connectivity index (χ1n) is 8.54. The highest BCUT2D eigenvalue weighted by Crippen LogP contribution is 2.33. The van der Waals surface area contributed by atoms with Gasteiger partial charge in [-0.1, -0.05) is 6.07 Å². The molecular weight excluding hydrogens is 388 g/mol. The fourth-order valence-corrected chi connectivity index (χ4v) is 3.66. The van der Waals surface area contributed by atoms with Crippen molar-refractivity contribution in [3.63, 3.8) is 0 Å². The number of nitrogens with one attached hydrogen (secondary N) is 2. The van der Waals surface area contributed by atoms with Gasteiger partial charge in [0.15, 0.2) is 23.0 Å². The Bertz CT molecular complexity index is 1010. The van der Waals surface area contributed by atoms with E-state index in [1.54, 1.807) is 36.4 Å². The van der Waals surface area contributed by atoms with Crippen LogP contribution in [0.4, 0.5) is 0 Å². The summed E-state index contributed by atoms with van der Waals surface area (Å²) in [5, 5.41) is 2.59. The molecule has 0 fully saturated rings. The lowest BCUT2D eigenvalue weighted by atomic mass is 10.2. The second kappa shape index (κ2) is 7.56. The Morgan fingerprint density at radius 3 is 2.29 bits per heavy atom. The summed E-state index contributed by atoms with van der Waals surface area (Å²) in [6.07, 6.45) is 0. The number of hydrogen-bond acceptors (Lipinski definition) is 7. The summed E-state index contributed by atoms with van der Waals surface area (Å²) in [5.74, 6) is 1.67. The third-order valence-electron chi connectivity index (χ3n) is 4.22. The molecule has 1 amide bonds. The Kier molecular flexibility index (Phi) is 4.97. The zero-order valence-corrected chi connectivity index (χ0v) is 15.6. The van der Waals surface area contributed by atoms with Crippen molar-refractivity contribution < 1.29 is 32.2 Å². The van der Waals surface area contributed by atoms with Gasteiger partial charge in [-0.25, -0.2) is 13.1 Å². The second-order valence-corrected chi connectivity index (χ2v) is 8.08. The normalized spacial score (nSPS) is 14.1. The smallest absolute Gasteiger partial charge is 0.251 e. The van der Waals surface area contributed by atoms with E-state index >= 15 is 0 Å². The van der Waals surface area contributed by atoms with Gasteiger partial charge < -0.3 is 24.3 Å². The molecule has 9 nitrogen and oxygen atoms in total. The van der Waals surface area contributed by atoms with Crippen LogP contribution < -0.4 is 29.0 Å². The predicted octanol–water partition coefficient (Wildman–Crippen LogP) is 0.993. The van der Waals surface area contributed by atoms with Gasteiger partial charge in [-0.2, -0.15) is 0 Å². The quantitative estimate of drug-likeness (QED) is 0.705. The summed E-state index contributed by atoms with van der Waals surface area (Å²) < 4.78 is 47.7. The van der Waals surface area contributed by atoms with E-state index in [0.29, 0.717) is 28.6 Å². The zero-order chi connectivity index (χ0) is 19.6. The fourth-order valence-electron chi connectivity index (χ4n) is 2.76. The van der Waals surface area contributed by atoms with Crippen LogP contribution in [0.3, 0.4) is 0 Å². The van der Waals surface area contributed by atoms with Gasteiger partial charge in [-0.3, -0.25) is 4.79 Å². The van der Waals surface area contributed by atoms with Crippen LogP contribution in [0.2, 0.25) is 0 Å². The molecule has 0 saturated heterocycles. The van der Waals surface area contributed by atoms with Crippen LogP contribution in [0.1, 0.15) is 15.9 Å².